The molecule has 130 valence electrons. The van der Waals surface area contributed by atoms with Gasteiger partial charge in [-0.3, -0.25) is 9.59 Å². The summed E-state index contributed by atoms with van der Waals surface area (Å²) in [4.78, 5) is 31.3. The molecule has 0 atom stereocenters. The smallest absolute Gasteiger partial charge is 0.245 e. The molecule has 0 saturated heterocycles. The zero-order valence-corrected chi connectivity index (χ0v) is 15.3. The van der Waals surface area contributed by atoms with E-state index in [9.17, 15) is 9.59 Å². The molecular formula is C16H27N3O3S. The first-order valence-electron chi connectivity index (χ1n) is 8.07. The number of aromatic nitrogens is 1. The average molecular weight is 341 g/mol. The Hall–Kier alpha value is -1.47. The van der Waals surface area contributed by atoms with E-state index in [1.54, 1.807) is 4.90 Å². The van der Waals surface area contributed by atoms with Gasteiger partial charge in [-0.1, -0.05) is 6.92 Å². The fourth-order valence-corrected chi connectivity index (χ4v) is 2.85. The van der Waals surface area contributed by atoms with Crippen molar-refractivity contribution in [2.45, 2.75) is 47.0 Å². The number of nitrogens with zero attached hydrogens (tertiary/aromatic N) is 2. The van der Waals surface area contributed by atoms with Crippen molar-refractivity contribution < 1.29 is 14.3 Å². The van der Waals surface area contributed by atoms with E-state index in [0.717, 1.165) is 23.4 Å². The van der Waals surface area contributed by atoms with Crippen molar-refractivity contribution in [1.82, 2.24) is 9.88 Å². The van der Waals surface area contributed by atoms with E-state index in [2.05, 4.69) is 10.3 Å². The Kier molecular flexibility index (Phi) is 8.79. The van der Waals surface area contributed by atoms with Crippen LogP contribution in [0.3, 0.4) is 0 Å². The molecule has 2 amide bonds. The third-order valence-electron chi connectivity index (χ3n) is 3.35. The number of carbonyl (C=O) groups is 2. The van der Waals surface area contributed by atoms with Gasteiger partial charge in [-0.15, -0.1) is 11.3 Å². The molecule has 1 aromatic heterocycles. The number of aryl methyl sites for hydroxylation is 2. The van der Waals surface area contributed by atoms with Gasteiger partial charge in [-0.25, -0.2) is 4.98 Å². The van der Waals surface area contributed by atoms with E-state index in [-0.39, 0.29) is 18.4 Å². The van der Waals surface area contributed by atoms with Crippen molar-refractivity contribution >= 4 is 28.3 Å². The van der Waals surface area contributed by atoms with E-state index in [4.69, 9.17) is 4.74 Å². The molecule has 1 heterocycles. The molecule has 7 heteroatoms. The van der Waals surface area contributed by atoms with Crippen LogP contribution in [-0.2, 0) is 14.3 Å². The molecule has 0 radical (unpaired) electrons. The Balaban J connectivity index is 2.55. The quantitative estimate of drug-likeness (QED) is 0.664. The average Bonchev–Trinajstić information content (AvgIpc) is 2.80. The largest absolute Gasteiger partial charge is 0.382 e. The standard InChI is InChI=1S/C16H27N3O3S/c1-5-8-15(21)19(9-7-10-22-6-2)11-14(20)18-16-17-12(3)13(4)23-16/h5-11H2,1-4H3,(H,17,18,20). The predicted octanol–water partition coefficient (Wildman–Crippen LogP) is 2.75. The maximum atomic E-state index is 12.2. The number of hydrogen-bond acceptors (Lipinski definition) is 5. The zero-order chi connectivity index (χ0) is 17.2. The van der Waals surface area contributed by atoms with Gasteiger partial charge in [0.25, 0.3) is 0 Å². The molecule has 0 aliphatic heterocycles. The first kappa shape index (κ1) is 19.6. The lowest BCUT2D eigenvalue weighted by Gasteiger charge is -2.21. The Bertz CT molecular complexity index is 497. The van der Waals surface area contributed by atoms with Gasteiger partial charge in [-0.2, -0.15) is 0 Å². The molecule has 0 fully saturated rings. The van der Waals surface area contributed by atoms with Gasteiger partial charge in [0.15, 0.2) is 5.13 Å². The Morgan fingerprint density at radius 3 is 2.61 bits per heavy atom. The summed E-state index contributed by atoms with van der Waals surface area (Å²) in [5, 5.41) is 3.36. The fraction of sp³-hybridized carbons (Fsp3) is 0.688. The topological polar surface area (TPSA) is 71.5 Å². The van der Waals surface area contributed by atoms with Gasteiger partial charge >= 0.3 is 0 Å². The van der Waals surface area contributed by atoms with Crippen molar-refractivity contribution in [3.63, 3.8) is 0 Å². The number of thiazole rings is 1. The molecule has 0 spiro atoms. The molecular weight excluding hydrogens is 314 g/mol. The van der Waals surface area contributed by atoms with Crippen LogP contribution in [0.2, 0.25) is 0 Å². The third-order valence-corrected chi connectivity index (χ3v) is 4.34. The number of hydrogen-bond donors (Lipinski definition) is 1. The van der Waals surface area contributed by atoms with Gasteiger partial charge in [0.05, 0.1) is 12.2 Å². The highest BCUT2D eigenvalue weighted by atomic mass is 32.1. The SMILES string of the molecule is CCCC(=O)N(CCCOCC)CC(=O)Nc1nc(C)c(C)s1. The van der Waals surface area contributed by atoms with Crippen molar-refractivity contribution in [2.24, 2.45) is 0 Å². The predicted molar refractivity (Wildman–Crippen MR) is 92.8 cm³/mol. The lowest BCUT2D eigenvalue weighted by Crippen LogP contribution is -2.38. The van der Waals surface area contributed by atoms with Crippen molar-refractivity contribution in [3.05, 3.63) is 10.6 Å². The van der Waals surface area contributed by atoms with Gasteiger partial charge in [0, 0.05) is 31.1 Å². The highest BCUT2D eigenvalue weighted by molar-refractivity contribution is 7.15. The maximum absolute atomic E-state index is 12.2. The third kappa shape index (κ3) is 7.09. The summed E-state index contributed by atoms with van der Waals surface area (Å²) in [6.07, 6.45) is 1.96. The Labute approximate surface area is 142 Å². The Morgan fingerprint density at radius 2 is 2.04 bits per heavy atom. The van der Waals surface area contributed by atoms with Crippen LogP contribution < -0.4 is 5.32 Å². The minimum Gasteiger partial charge on any atom is -0.382 e. The molecule has 0 aromatic carbocycles. The van der Waals surface area contributed by atoms with E-state index >= 15 is 0 Å². The van der Waals surface area contributed by atoms with E-state index < -0.39 is 0 Å². The number of carbonyl (C=O) groups excluding carboxylic acids is 2. The maximum Gasteiger partial charge on any atom is 0.245 e. The van der Waals surface area contributed by atoms with Crippen LogP contribution in [0.5, 0.6) is 0 Å². The lowest BCUT2D eigenvalue weighted by atomic mass is 10.2. The summed E-state index contributed by atoms with van der Waals surface area (Å²) in [5.41, 5.74) is 0.918. The second kappa shape index (κ2) is 10.3. The summed E-state index contributed by atoms with van der Waals surface area (Å²) >= 11 is 1.45. The van der Waals surface area contributed by atoms with Crippen LogP contribution in [0, 0.1) is 13.8 Å². The van der Waals surface area contributed by atoms with Gasteiger partial charge < -0.3 is 15.0 Å². The van der Waals surface area contributed by atoms with Gasteiger partial charge in [0.1, 0.15) is 0 Å². The second-order valence-electron chi connectivity index (χ2n) is 5.32. The Morgan fingerprint density at radius 1 is 1.30 bits per heavy atom. The molecule has 1 N–H and O–H groups in total. The summed E-state index contributed by atoms with van der Waals surface area (Å²) in [7, 11) is 0. The van der Waals surface area contributed by atoms with Crippen LogP contribution in [0.25, 0.3) is 0 Å². The highest BCUT2D eigenvalue weighted by Crippen LogP contribution is 2.20. The van der Waals surface area contributed by atoms with Crippen LogP contribution in [0.15, 0.2) is 0 Å². The summed E-state index contributed by atoms with van der Waals surface area (Å²) < 4.78 is 5.29. The second-order valence-corrected chi connectivity index (χ2v) is 6.53. The number of amides is 2. The highest BCUT2D eigenvalue weighted by Gasteiger charge is 2.17. The summed E-state index contributed by atoms with van der Waals surface area (Å²) in [6.45, 7) is 9.61. The lowest BCUT2D eigenvalue weighted by molar-refractivity contribution is -0.134. The molecule has 0 bridgehead atoms. The number of ether oxygens (including phenoxy) is 1. The molecule has 23 heavy (non-hydrogen) atoms. The summed E-state index contributed by atoms with van der Waals surface area (Å²) in [6, 6.07) is 0. The van der Waals surface area contributed by atoms with Crippen LogP contribution >= 0.6 is 11.3 Å². The molecule has 6 nitrogen and oxygen atoms in total. The van der Waals surface area contributed by atoms with Crippen molar-refractivity contribution in [1.29, 1.82) is 0 Å². The van der Waals surface area contributed by atoms with Crippen molar-refractivity contribution in [2.75, 3.05) is 31.6 Å². The molecule has 0 aliphatic carbocycles. The van der Waals surface area contributed by atoms with Gasteiger partial charge in [-0.05, 0) is 33.6 Å². The van der Waals surface area contributed by atoms with Crippen LogP contribution in [0.1, 0.15) is 43.7 Å². The molecule has 0 unspecified atom stereocenters. The fourth-order valence-electron chi connectivity index (χ4n) is 2.02. The van der Waals surface area contributed by atoms with E-state index in [0.29, 0.717) is 31.3 Å². The summed E-state index contributed by atoms with van der Waals surface area (Å²) in [5.74, 6) is -0.203. The van der Waals surface area contributed by atoms with Gasteiger partial charge in [0.2, 0.25) is 11.8 Å². The van der Waals surface area contributed by atoms with Crippen molar-refractivity contribution in [3.8, 4) is 0 Å². The zero-order valence-electron chi connectivity index (χ0n) is 14.5. The van der Waals surface area contributed by atoms with E-state index in [1.165, 1.54) is 11.3 Å². The monoisotopic (exact) mass is 341 g/mol. The minimum absolute atomic E-state index is 0.00523. The van der Waals surface area contributed by atoms with Crippen LogP contribution in [0.4, 0.5) is 5.13 Å². The number of rotatable bonds is 10. The van der Waals surface area contributed by atoms with Crippen LogP contribution in [-0.4, -0.2) is 48.0 Å². The molecule has 0 aliphatic rings. The minimum atomic E-state index is -0.209. The molecule has 1 aromatic rings. The van der Waals surface area contributed by atoms with E-state index in [1.807, 2.05) is 27.7 Å². The first-order chi connectivity index (χ1) is 11.0. The number of nitrogens with one attached hydrogen (secondary N) is 1. The molecule has 0 saturated carbocycles. The first-order valence-corrected chi connectivity index (χ1v) is 8.88. The number of anilines is 1. The molecule has 1 rings (SSSR count). The normalized spacial score (nSPS) is 10.6.